The van der Waals surface area contributed by atoms with Crippen LogP contribution in [0.15, 0.2) is 0 Å². The number of hydrogen-bond donors (Lipinski definition) is 1. The van der Waals surface area contributed by atoms with Crippen LogP contribution < -0.4 is 5.32 Å². The van der Waals surface area contributed by atoms with Crippen molar-refractivity contribution in [2.24, 2.45) is 5.41 Å². The minimum Gasteiger partial charge on any atom is -0.372 e. The lowest BCUT2D eigenvalue weighted by molar-refractivity contribution is -0.130. The Morgan fingerprint density at radius 3 is 2.07 bits per heavy atom. The Bertz CT molecular complexity index is 180. The lowest BCUT2D eigenvalue weighted by Gasteiger charge is -2.31. The van der Waals surface area contributed by atoms with E-state index in [1.165, 1.54) is 0 Å². The average Bonchev–Trinajstić information content (AvgIpc) is 2.30. The average molecular weight is 215 g/mol. The molecule has 15 heavy (non-hydrogen) atoms. The van der Waals surface area contributed by atoms with Gasteiger partial charge in [0.15, 0.2) is 0 Å². The Hall–Kier alpha value is -0.570. The third kappa shape index (κ3) is 4.20. The van der Waals surface area contributed by atoms with Gasteiger partial charge in [-0.05, 0) is 31.6 Å². The van der Waals surface area contributed by atoms with Crippen molar-refractivity contribution in [1.29, 1.82) is 0 Å². The third-order valence-corrected chi connectivity index (χ3v) is 3.61. The van der Waals surface area contributed by atoms with E-state index in [-0.39, 0.29) is 17.4 Å². The second kappa shape index (κ2) is 6.83. The van der Waals surface area contributed by atoms with Crippen molar-refractivity contribution in [1.82, 2.24) is 5.32 Å². The molecule has 0 aliphatic heterocycles. The summed E-state index contributed by atoms with van der Waals surface area (Å²) in [5.74, 6) is -0.0165. The standard InChI is InChI=1S/C12H25NO2/c1-6-12(7-2,8-3)9-13-11(14)10(4)15-5/h10H,6-9H2,1-5H3,(H,13,14). The molecule has 3 nitrogen and oxygen atoms in total. The molecule has 1 atom stereocenters. The van der Waals surface area contributed by atoms with E-state index in [1.807, 2.05) is 0 Å². The van der Waals surface area contributed by atoms with Crippen molar-refractivity contribution in [2.45, 2.75) is 53.1 Å². The maximum Gasteiger partial charge on any atom is 0.248 e. The molecule has 0 saturated carbocycles. The zero-order chi connectivity index (χ0) is 11.9. The highest BCUT2D eigenvalue weighted by molar-refractivity contribution is 5.80. The van der Waals surface area contributed by atoms with Crippen molar-refractivity contribution in [3.05, 3.63) is 0 Å². The van der Waals surface area contributed by atoms with Crippen LogP contribution in [0.5, 0.6) is 0 Å². The van der Waals surface area contributed by atoms with E-state index in [9.17, 15) is 4.79 Å². The van der Waals surface area contributed by atoms with E-state index in [0.717, 1.165) is 25.8 Å². The topological polar surface area (TPSA) is 38.3 Å². The Morgan fingerprint density at radius 1 is 1.27 bits per heavy atom. The Labute approximate surface area is 93.6 Å². The molecule has 0 fully saturated rings. The number of rotatable bonds is 7. The second-order valence-corrected chi connectivity index (χ2v) is 4.16. The van der Waals surface area contributed by atoms with Crippen LogP contribution in [0.4, 0.5) is 0 Å². The van der Waals surface area contributed by atoms with Crippen LogP contribution in [0.25, 0.3) is 0 Å². The van der Waals surface area contributed by atoms with E-state index in [1.54, 1.807) is 14.0 Å². The van der Waals surface area contributed by atoms with Crippen LogP contribution in [0, 0.1) is 5.41 Å². The fourth-order valence-corrected chi connectivity index (χ4v) is 1.65. The van der Waals surface area contributed by atoms with Gasteiger partial charge >= 0.3 is 0 Å². The summed E-state index contributed by atoms with van der Waals surface area (Å²) < 4.78 is 4.97. The quantitative estimate of drug-likeness (QED) is 0.708. The molecule has 0 saturated heterocycles. The highest BCUT2D eigenvalue weighted by Gasteiger charge is 2.25. The summed E-state index contributed by atoms with van der Waals surface area (Å²) in [4.78, 5) is 11.5. The molecule has 0 rings (SSSR count). The highest BCUT2D eigenvalue weighted by atomic mass is 16.5. The molecule has 1 unspecified atom stereocenters. The van der Waals surface area contributed by atoms with Crippen LogP contribution in [0.2, 0.25) is 0 Å². The van der Waals surface area contributed by atoms with Gasteiger partial charge in [-0.25, -0.2) is 0 Å². The number of nitrogens with one attached hydrogen (secondary N) is 1. The molecular weight excluding hydrogens is 190 g/mol. The Morgan fingerprint density at radius 2 is 1.73 bits per heavy atom. The van der Waals surface area contributed by atoms with Gasteiger partial charge in [-0.1, -0.05) is 20.8 Å². The Balaban J connectivity index is 4.16. The number of carbonyl (C=O) groups is 1. The van der Waals surface area contributed by atoms with Crippen LogP contribution in [-0.2, 0) is 9.53 Å². The van der Waals surface area contributed by atoms with Crippen LogP contribution in [-0.4, -0.2) is 25.7 Å². The van der Waals surface area contributed by atoms with Gasteiger partial charge < -0.3 is 10.1 Å². The molecule has 0 bridgehead atoms. The summed E-state index contributed by atoms with van der Waals surface area (Å²) in [6.45, 7) is 9.06. The fraction of sp³-hybridized carbons (Fsp3) is 0.917. The van der Waals surface area contributed by atoms with Gasteiger partial charge in [0.2, 0.25) is 5.91 Å². The van der Waals surface area contributed by atoms with Gasteiger partial charge in [-0.2, -0.15) is 0 Å². The summed E-state index contributed by atoms with van der Waals surface area (Å²) >= 11 is 0. The number of amides is 1. The molecule has 0 aromatic heterocycles. The zero-order valence-electron chi connectivity index (χ0n) is 10.7. The van der Waals surface area contributed by atoms with Gasteiger partial charge in [-0.3, -0.25) is 4.79 Å². The number of methoxy groups -OCH3 is 1. The zero-order valence-corrected chi connectivity index (χ0v) is 10.7. The first-order valence-corrected chi connectivity index (χ1v) is 5.85. The van der Waals surface area contributed by atoms with E-state index in [2.05, 4.69) is 26.1 Å². The van der Waals surface area contributed by atoms with Gasteiger partial charge in [0.05, 0.1) is 0 Å². The molecule has 0 heterocycles. The molecule has 0 spiro atoms. The predicted octanol–water partition coefficient (Wildman–Crippen LogP) is 2.35. The monoisotopic (exact) mass is 215 g/mol. The van der Waals surface area contributed by atoms with Gasteiger partial charge in [0.25, 0.3) is 0 Å². The molecular formula is C12H25NO2. The minimum atomic E-state index is -0.353. The summed E-state index contributed by atoms with van der Waals surface area (Å²) in [7, 11) is 1.55. The van der Waals surface area contributed by atoms with Crippen molar-refractivity contribution in [3.8, 4) is 0 Å². The van der Waals surface area contributed by atoms with Crippen LogP contribution in [0.3, 0.4) is 0 Å². The van der Waals surface area contributed by atoms with Gasteiger partial charge in [0, 0.05) is 13.7 Å². The molecule has 90 valence electrons. The second-order valence-electron chi connectivity index (χ2n) is 4.16. The molecule has 0 aliphatic rings. The molecule has 1 amide bonds. The molecule has 0 aromatic rings. The largest absolute Gasteiger partial charge is 0.372 e. The number of carbonyl (C=O) groups excluding carboxylic acids is 1. The third-order valence-electron chi connectivity index (χ3n) is 3.61. The molecule has 3 heteroatoms. The van der Waals surface area contributed by atoms with E-state index >= 15 is 0 Å². The smallest absolute Gasteiger partial charge is 0.248 e. The SMILES string of the molecule is CCC(CC)(CC)CNC(=O)C(C)OC. The molecule has 0 aromatic carbocycles. The number of hydrogen-bond acceptors (Lipinski definition) is 2. The Kier molecular flexibility index (Phi) is 6.57. The van der Waals surface area contributed by atoms with Gasteiger partial charge in [0.1, 0.15) is 6.10 Å². The van der Waals surface area contributed by atoms with Crippen molar-refractivity contribution in [3.63, 3.8) is 0 Å². The van der Waals surface area contributed by atoms with Crippen molar-refractivity contribution >= 4 is 5.91 Å². The molecule has 0 aliphatic carbocycles. The summed E-state index contributed by atoms with van der Waals surface area (Å²) in [6.07, 6.45) is 2.94. The van der Waals surface area contributed by atoms with E-state index in [0.29, 0.717) is 0 Å². The first-order chi connectivity index (χ1) is 7.05. The lowest BCUT2D eigenvalue weighted by Crippen LogP contribution is -2.41. The number of ether oxygens (including phenoxy) is 1. The molecule has 0 radical (unpaired) electrons. The van der Waals surface area contributed by atoms with E-state index in [4.69, 9.17) is 4.74 Å². The fourth-order valence-electron chi connectivity index (χ4n) is 1.65. The first-order valence-electron chi connectivity index (χ1n) is 5.85. The first kappa shape index (κ1) is 14.4. The van der Waals surface area contributed by atoms with Crippen LogP contribution >= 0.6 is 0 Å². The summed E-state index contributed by atoms with van der Waals surface area (Å²) in [5, 5.41) is 2.96. The predicted molar refractivity (Wildman–Crippen MR) is 62.8 cm³/mol. The summed E-state index contributed by atoms with van der Waals surface area (Å²) in [6, 6.07) is 0. The van der Waals surface area contributed by atoms with Crippen molar-refractivity contribution < 1.29 is 9.53 Å². The van der Waals surface area contributed by atoms with Crippen LogP contribution in [0.1, 0.15) is 47.0 Å². The maximum absolute atomic E-state index is 11.5. The minimum absolute atomic E-state index is 0.0165. The summed E-state index contributed by atoms with van der Waals surface area (Å²) in [5.41, 5.74) is 0.253. The maximum atomic E-state index is 11.5. The van der Waals surface area contributed by atoms with E-state index < -0.39 is 0 Å². The molecule has 1 N–H and O–H groups in total. The lowest BCUT2D eigenvalue weighted by atomic mass is 9.80. The van der Waals surface area contributed by atoms with Crippen molar-refractivity contribution in [2.75, 3.05) is 13.7 Å². The van der Waals surface area contributed by atoms with Gasteiger partial charge in [-0.15, -0.1) is 0 Å². The highest BCUT2D eigenvalue weighted by Crippen LogP contribution is 2.29. The normalized spacial score (nSPS) is 13.7.